The van der Waals surface area contributed by atoms with Crippen molar-refractivity contribution in [1.82, 2.24) is 0 Å². The van der Waals surface area contributed by atoms with Crippen LogP contribution in [-0.4, -0.2) is 44.3 Å². The predicted octanol–water partition coefficient (Wildman–Crippen LogP) is 2.77. The smallest absolute Gasteiger partial charge is 0.328 e. The van der Waals surface area contributed by atoms with E-state index in [9.17, 15) is 19.2 Å². The normalized spacial score (nSPS) is 10.0. The van der Waals surface area contributed by atoms with E-state index in [2.05, 4.69) is 0 Å². The number of hydrogen-bond acceptors (Lipinski definition) is 4. The van der Waals surface area contributed by atoms with E-state index < -0.39 is 23.9 Å². The lowest BCUT2D eigenvalue weighted by Gasteiger charge is -2.00. The van der Waals surface area contributed by atoms with Gasteiger partial charge in [0.05, 0.1) is 0 Å². The van der Waals surface area contributed by atoms with Crippen LogP contribution in [0, 0.1) is 0 Å². The van der Waals surface area contributed by atoms with E-state index in [1.165, 1.54) is 0 Å². The van der Waals surface area contributed by atoms with Gasteiger partial charge in [-0.1, -0.05) is 38.5 Å². The minimum absolute atomic E-state index is 0.276. The largest absolute Gasteiger partial charge is 0.481 e. The van der Waals surface area contributed by atoms with Gasteiger partial charge in [-0.15, -0.1) is 0 Å². The van der Waals surface area contributed by atoms with Crippen LogP contribution in [0.25, 0.3) is 0 Å². The van der Waals surface area contributed by atoms with E-state index in [0.717, 1.165) is 51.4 Å². The molecule has 0 saturated carbocycles. The lowest BCUT2D eigenvalue weighted by Crippen LogP contribution is -1.94. The Hall–Kier alpha value is -2.38. The highest BCUT2D eigenvalue weighted by Gasteiger charge is 1.98. The summed E-state index contributed by atoms with van der Waals surface area (Å²) in [7, 11) is 0. The number of carboxylic acids is 4. The van der Waals surface area contributed by atoms with Gasteiger partial charge in [-0.25, -0.2) is 9.59 Å². The van der Waals surface area contributed by atoms with Crippen molar-refractivity contribution in [2.75, 3.05) is 0 Å². The molecule has 0 unspecified atom stereocenters. The van der Waals surface area contributed by atoms with Crippen LogP contribution in [0.15, 0.2) is 12.2 Å². The Morgan fingerprint density at radius 1 is 0.500 bits per heavy atom. The molecule has 0 aromatic rings. The summed E-state index contributed by atoms with van der Waals surface area (Å²) in [6, 6.07) is 0. The van der Waals surface area contributed by atoms with Gasteiger partial charge in [-0.3, -0.25) is 9.59 Å². The molecule has 8 nitrogen and oxygen atoms in total. The number of aliphatic carboxylic acids is 4. The third-order valence-corrected chi connectivity index (χ3v) is 2.90. The van der Waals surface area contributed by atoms with Gasteiger partial charge in [0.2, 0.25) is 0 Å². The van der Waals surface area contributed by atoms with Crippen molar-refractivity contribution in [2.24, 2.45) is 0 Å². The average Bonchev–Trinajstić information content (AvgIpc) is 2.47. The second-order valence-corrected chi connectivity index (χ2v) is 5.13. The van der Waals surface area contributed by atoms with Gasteiger partial charge in [0, 0.05) is 25.0 Å². The SMILES string of the molecule is O=C(O)/C=C/C(=O)O.O=C(O)CCCCCCCCCCC(=O)O. The molecule has 0 bridgehead atoms. The maximum atomic E-state index is 10.2. The molecule has 0 aliphatic carbocycles. The van der Waals surface area contributed by atoms with Crippen molar-refractivity contribution in [2.45, 2.75) is 64.2 Å². The summed E-state index contributed by atoms with van der Waals surface area (Å²) >= 11 is 0. The molecule has 0 heterocycles. The molecule has 0 amide bonds. The van der Waals surface area contributed by atoms with Crippen molar-refractivity contribution in [1.29, 1.82) is 0 Å². The zero-order valence-corrected chi connectivity index (χ0v) is 13.6. The first kappa shape index (κ1) is 23.9. The fourth-order valence-electron chi connectivity index (χ4n) is 1.76. The Morgan fingerprint density at radius 3 is 0.958 bits per heavy atom. The standard InChI is InChI=1S/C12H22O4.C4H4O4/c13-11(14)9-7-5-3-1-2-4-6-8-10-12(15)16;5-3(6)1-2-4(7)8/h1-10H2,(H,13,14)(H,15,16);1-2H,(H,5,6)(H,7,8)/b;2-1+. The van der Waals surface area contributed by atoms with E-state index in [-0.39, 0.29) is 12.8 Å². The summed E-state index contributed by atoms with van der Waals surface area (Å²) in [6.07, 6.45) is 9.63. The Bertz CT molecular complexity index is 376. The van der Waals surface area contributed by atoms with Crippen LogP contribution < -0.4 is 0 Å². The fraction of sp³-hybridized carbons (Fsp3) is 0.625. The van der Waals surface area contributed by atoms with Crippen molar-refractivity contribution < 1.29 is 39.6 Å². The second kappa shape index (κ2) is 17.0. The van der Waals surface area contributed by atoms with Crippen molar-refractivity contribution in [3.63, 3.8) is 0 Å². The maximum Gasteiger partial charge on any atom is 0.328 e. The van der Waals surface area contributed by atoms with Gasteiger partial charge in [0.15, 0.2) is 0 Å². The summed E-state index contributed by atoms with van der Waals surface area (Å²) in [4.78, 5) is 39.5. The lowest BCUT2D eigenvalue weighted by molar-refractivity contribution is -0.138. The molecule has 0 aliphatic heterocycles. The van der Waals surface area contributed by atoms with Gasteiger partial charge in [-0.05, 0) is 12.8 Å². The van der Waals surface area contributed by atoms with Crippen LogP contribution in [0.1, 0.15) is 64.2 Å². The third kappa shape index (κ3) is 27.9. The minimum Gasteiger partial charge on any atom is -0.481 e. The molecular formula is C16H26O8. The quantitative estimate of drug-likeness (QED) is 0.294. The minimum atomic E-state index is -1.26. The highest BCUT2D eigenvalue weighted by Crippen LogP contribution is 2.10. The molecule has 0 aromatic carbocycles. The molecule has 0 aliphatic rings. The van der Waals surface area contributed by atoms with Gasteiger partial charge in [0.25, 0.3) is 0 Å². The third-order valence-electron chi connectivity index (χ3n) is 2.90. The fourth-order valence-corrected chi connectivity index (χ4v) is 1.76. The molecule has 8 heteroatoms. The highest BCUT2D eigenvalue weighted by molar-refractivity contribution is 5.89. The number of carboxylic acid groups (broad SMARTS) is 4. The molecule has 0 radical (unpaired) electrons. The van der Waals surface area contributed by atoms with E-state index >= 15 is 0 Å². The van der Waals surface area contributed by atoms with E-state index in [1.54, 1.807) is 0 Å². The predicted molar refractivity (Wildman–Crippen MR) is 85.9 cm³/mol. The Labute approximate surface area is 140 Å². The number of carbonyl (C=O) groups is 4. The van der Waals surface area contributed by atoms with E-state index in [0.29, 0.717) is 12.2 Å². The highest BCUT2D eigenvalue weighted by atomic mass is 16.4. The van der Waals surface area contributed by atoms with Crippen LogP contribution >= 0.6 is 0 Å². The molecular weight excluding hydrogens is 320 g/mol. The van der Waals surface area contributed by atoms with Gasteiger partial charge in [-0.2, -0.15) is 0 Å². The zero-order valence-electron chi connectivity index (χ0n) is 13.6. The van der Waals surface area contributed by atoms with Crippen molar-refractivity contribution >= 4 is 23.9 Å². The molecule has 4 N–H and O–H groups in total. The molecule has 0 fully saturated rings. The van der Waals surface area contributed by atoms with Crippen LogP contribution in [0.3, 0.4) is 0 Å². The van der Waals surface area contributed by atoms with E-state index in [4.69, 9.17) is 20.4 Å². The first-order chi connectivity index (χ1) is 11.3. The summed E-state index contributed by atoms with van der Waals surface area (Å²) in [6.45, 7) is 0. The van der Waals surface area contributed by atoms with Crippen LogP contribution in [0.4, 0.5) is 0 Å². The molecule has 0 spiro atoms. The number of hydrogen-bond donors (Lipinski definition) is 4. The van der Waals surface area contributed by atoms with Gasteiger partial charge < -0.3 is 20.4 Å². The topological polar surface area (TPSA) is 149 Å². The van der Waals surface area contributed by atoms with E-state index in [1.807, 2.05) is 0 Å². The Kier molecular flexibility index (Phi) is 16.9. The first-order valence-corrected chi connectivity index (χ1v) is 7.83. The lowest BCUT2D eigenvalue weighted by atomic mass is 10.1. The summed E-state index contributed by atoms with van der Waals surface area (Å²) < 4.78 is 0. The molecule has 0 aromatic heterocycles. The van der Waals surface area contributed by atoms with Gasteiger partial charge >= 0.3 is 23.9 Å². The molecule has 138 valence electrons. The van der Waals surface area contributed by atoms with Crippen molar-refractivity contribution in [3.8, 4) is 0 Å². The Balaban J connectivity index is 0. The molecule has 24 heavy (non-hydrogen) atoms. The summed E-state index contributed by atoms with van der Waals surface area (Å²) in [5.74, 6) is -3.94. The maximum absolute atomic E-state index is 10.2. The average molecular weight is 346 g/mol. The van der Waals surface area contributed by atoms with Crippen LogP contribution in [0.5, 0.6) is 0 Å². The Morgan fingerprint density at radius 2 is 0.750 bits per heavy atom. The van der Waals surface area contributed by atoms with Crippen LogP contribution in [0.2, 0.25) is 0 Å². The number of rotatable bonds is 13. The monoisotopic (exact) mass is 346 g/mol. The summed E-state index contributed by atoms with van der Waals surface area (Å²) in [5.41, 5.74) is 0. The van der Waals surface area contributed by atoms with Crippen molar-refractivity contribution in [3.05, 3.63) is 12.2 Å². The summed E-state index contributed by atoms with van der Waals surface area (Å²) in [5, 5.41) is 32.4. The second-order valence-electron chi connectivity index (χ2n) is 5.13. The zero-order chi connectivity index (χ0) is 18.8. The van der Waals surface area contributed by atoms with Crippen LogP contribution in [-0.2, 0) is 19.2 Å². The molecule has 0 saturated heterocycles. The molecule has 0 rings (SSSR count). The first-order valence-electron chi connectivity index (χ1n) is 7.83. The van der Waals surface area contributed by atoms with Gasteiger partial charge in [0.1, 0.15) is 0 Å². The molecule has 0 atom stereocenters. The number of unbranched alkanes of at least 4 members (excludes halogenated alkanes) is 7.